The molecular weight excluding hydrogens is 287 g/mol. The average molecular weight is 301 g/mol. The Balaban J connectivity index is 4.79. The molecule has 0 spiro atoms. The highest BCUT2D eigenvalue weighted by atomic mass is 19.4. The number of aliphatic hydroxyl groups excluding tert-OH is 1. The maximum absolute atomic E-state index is 12.2. The number of primary amides is 1. The van der Waals surface area contributed by atoms with Crippen molar-refractivity contribution in [2.75, 3.05) is 19.7 Å². The molecule has 0 rings (SSSR count). The van der Waals surface area contributed by atoms with E-state index in [9.17, 15) is 27.6 Å². The molecule has 5 N–H and O–H groups in total. The third-order valence-corrected chi connectivity index (χ3v) is 2.03. The van der Waals surface area contributed by atoms with Gasteiger partial charge in [0.05, 0.1) is 13.0 Å². The van der Waals surface area contributed by atoms with Crippen molar-refractivity contribution in [3.63, 3.8) is 0 Å². The second-order valence-electron chi connectivity index (χ2n) is 3.77. The minimum atomic E-state index is -4.71. The van der Waals surface area contributed by atoms with Crippen LogP contribution in [0.15, 0.2) is 0 Å². The molecule has 0 saturated carbocycles. The zero-order valence-corrected chi connectivity index (χ0v) is 10.2. The molecule has 0 aromatic carbocycles. The molecule has 8 nitrogen and oxygen atoms in total. The van der Waals surface area contributed by atoms with Crippen molar-refractivity contribution in [2.24, 2.45) is 5.73 Å². The first-order valence-electron chi connectivity index (χ1n) is 5.31. The van der Waals surface area contributed by atoms with E-state index in [4.69, 9.17) is 15.9 Å². The normalized spacial score (nSPS) is 12.6. The Bertz CT molecular complexity index is 374. The summed E-state index contributed by atoms with van der Waals surface area (Å²) in [5.41, 5.74) is 4.76. The van der Waals surface area contributed by atoms with Crippen LogP contribution in [0.3, 0.4) is 0 Å². The van der Waals surface area contributed by atoms with Gasteiger partial charge in [-0.25, -0.2) is 9.59 Å². The Labute approximate surface area is 111 Å². The molecule has 0 saturated heterocycles. The summed E-state index contributed by atoms with van der Waals surface area (Å²) in [5, 5.41) is 19.0. The number of rotatable bonds is 7. The van der Waals surface area contributed by atoms with E-state index in [1.54, 1.807) is 5.32 Å². The summed E-state index contributed by atoms with van der Waals surface area (Å²) < 4.78 is 36.6. The van der Waals surface area contributed by atoms with Crippen LogP contribution in [0.25, 0.3) is 0 Å². The van der Waals surface area contributed by atoms with Crippen LogP contribution < -0.4 is 11.1 Å². The summed E-state index contributed by atoms with van der Waals surface area (Å²) in [4.78, 5) is 33.0. The number of hydrogen-bond donors (Lipinski definition) is 4. The molecule has 0 heterocycles. The van der Waals surface area contributed by atoms with E-state index in [0.29, 0.717) is 0 Å². The number of aliphatic hydroxyl groups is 1. The van der Waals surface area contributed by atoms with Gasteiger partial charge in [-0.05, 0) is 0 Å². The molecule has 0 aliphatic heterocycles. The lowest BCUT2D eigenvalue weighted by atomic mass is 10.2. The minimum absolute atomic E-state index is 0.178. The van der Waals surface area contributed by atoms with Gasteiger partial charge in [-0.15, -0.1) is 0 Å². The van der Waals surface area contributed by atoms with Crippen LogP contribution in [0.1, 0.15) is 6.42 Å². The van der Waals surface area contributed by atoms with E-state index < -0.39 is 56.2 Å². The summed E-state index contributed by atoms with van der Waals surface area (Å²) in [6, 6.07) is -3.11. The van der Waals surface area contributed by atoms with E-state index in [1.165, 1.54) is 0 Å². The Hall–Kier alpha value is -2.04. The summed E-state index contributed by atoms with van der Waals surface area (Å²) in [6.45, 7) is -3.05. The molecule has 0 aromatic rings. The molecule has 0 radical (unpaired) electrons. The maximum Gasteiger partial charge on any atom is 0.406 e. The number of carbonyl (C=O) groups excluding carboxylic acids is 2. The fourth-order valence-corrected chi connectivity index (χ4v) is 1.23. The van der Waals surface area contributed by atoms with Crippen molar-refractivity contribution in [2.45, 2.75) is 18.6 Å². The van der Waals surface area contributed by atoms with E-state index in [0.717, 1.165) is 0 Å². The molecule has 11 heteroatoms. The highest BCUT2D eigenvalue weighted by Gasteiger charge is 2.34. The summed E-state index contributed by atoms with van der Waals surface area (Å²) in [5.74, 6) is -2.66. The lowest BCUT2D eigenvalue weighted by molar-refractivity contribution is -0.142. The molecular formula is C9H14F3N3O5. The molecule has 0 aliphatic carbocycles. The fourth-order valence-electron chi connectivity index (χ4n) is 1.23. The van der Waals surface area contributed by atoms with Crippen LogP contribution in [0, 0.1) is 0 Å². The Morgan fingerprint density at radius 2 is 1.85 bits per heavy atom. The first-order chi connectivity index (χ1) is 9.06. The van der Waals surface area contributed by atoms with Crippen molar-refractivity contribution in [3.8, 4) is 0 Å². The Morgan fingerprint density at radius 3 is 2.20 bits per heavy atom. The number of carboxylic acids is 1. The number of urea groups is 1. The number of nitrogens with two attached hydrogens (primary N) is 1. The molecule has 116 valence electrons. The zero-order chi connectivity index (χ0) is 15.9. The van der Waals surface area contributed by atoms with Gasteiger partial charge in [0, 0.05) is 6.54 Å². The van der Waals surface area contributed by atoms with Gasteiger partial charge in [0.1, 0.15) is 12.6 Å². The predicted octanol–water partition coefficient (Wildman–Crippen LogP) is -1.12. The van der Waals surface area contributed by atoms with E-state index in [2.05, 4.69) is 0 Å². The molecule has 1 atom stereocenters. The maximum atomic E-state index is 12.2. The minimum Gasteiger partial charge on any atom is -0.480 e. The Morgan fingerprint density at radius 1 is 1.30 bits per heavy atom. The van der Waals surface area contributed by atoms with Crippen LogP contribution >= 0.6 is 0 Å². The van der Waals surface area contributed by atoms with Gasteiger partial charge in [-0.3, -0.25) is 4.79 Å². The number of amides is 3. The number of halogens is 3. The lowest BCUT2D eigenvalue weighted by Gasteiger charge is -2.25. The first kappa shape index (κ1) is 18.0. The molecule has 0 fully saturated rings. The summed E-state index contributed by atoms with van der Waals surface area (Å²) in [7, 11) is 0. The number of aliphatic carboxylic acids is 1. The van der Waals surface area contributed by atoms with Gasteiger partial charge < -0.3 is 26.2 Å². The lowest BCUT2D eigenvalue weighted by Crippen LogP contribution is -2.52. The largest absolute Gasteiger partial charge is 0.480 e. The number of carboxylic acid groups (broad SMARTS) is 1. The van der Waals surface area contributed by atoms with Crippen LogP contribution in [-0.4, -0.2) is 64.9 Å². The quantitative estimate of drug-likeness (QED) is 0.473. The summed E-state index contributed by atoms with van der Waals surface area (Å²) in [6.07, 6.45) is -5.48. The molecule has 0 aliphatic rings. The standard InChI is InChI=1S/C9H14F3N3O5/c10-9(11,12)4-15(1-2-16)8(20)14-5(7(18)19)3-6(13)17/h5,16H,1-4H2,(H2,13,17)(H,14,20)(H,18,19)/t5-/m1/s1. The number of nitrogens with zero attached hydrogens (tertiary/aromatic N) is 1. The van der Waals surface area contributed by atoms with Crippen LogP contribution in [-0.2, 0) is 9.59 Å². The van der Waals surface area contributed by atoms with Crippen LogP contribution in [0.5, 0.6) is 0 Å². The highest BCUT2D eigenvalue weighted by molar-refractivity contribution is 5.87. The van der Waals surface area contributed by atoms with Crippen LogP contribution in [0.4, 0.5) is 18.0 Å². The average Bonchev–Trinajstić information content (AvgIpc) is 2.24. The number of carbonyl (C=O) groups is 3. The van der Waals surface area contributed by atoms with Gasteiger partial charge in [0.2, 0.25) is 5.91 Å². The molecule has 0 bridgehead atoms. The van der Waals surface area contributed by atoms with Crippen molar-refractivity contribution >= 4 is 17.9 Å². The second kappa shape index (κ2) is 7.53. The topological polar surface area (TPSA) is 133 Å². The molecule has 0 aromatic heterocycles. The van der Waals surface area contributed by atoms with Crippen molar-refractivity contribution in [3.05, 3.63) is 0 Å². The predicted molar refractivity (Wildman–Crippen MR) is 58.5 cm³/mol. The van der Waals surface area contributed by atoms with E-state index in [1.807, 2.05) is 0 Å². The van der Waals surface area contributed by atoms with Gasteiger partial charge >= 0.3 is 18.2 Å². The third kappa shape index (κ3) is 7.41. The van der Waals surface area contributed by atoms with E-state index in [-0.39, 0.29) is 4.90 Å². The van der Waals surface area contributed by atoms with Gasteiger partial charge in [0.25, 0.3) is 0 Å². The van der Waals surface area contributed by atoms with Gasteiger partial charge in [-0.1, -0.05) is 0 Å². The van der Waals surface area contributed by atoms with Crippen LogP contribution in [0.2, 0.25) is 0 Å². The first-order valence-corrected chi connectivity index (χ1v) is 5.31. The van der Waals surface area contributed by atoms with Crippen molar-refractivity contribution in [1.29, 1.82) is 0 Å². The van der Waals surface area contributed by atoms with Gasteiger partial charge in [0.15, 0.2) is 0 Å². The van der Waals surface area contributed by atoms with Gasteiger partial charge in [-0.2, -0.15) is 13.2 Å². The zero-order valence-electron chi connectivity index (χ0n) is 10.2. The number of hydrogen-bond acceptors (Lipinski definition) is 4. The fraction of sp³-hybridized carbons (Fsp3) is 0.667. The summed E-state index contributed by atoms with van der Waals surface area (Å²) >= 11 is 0. The van der Waals surface area contributed by atoms with E-state index >= 15 is 0 Å². The van der Waals surface area contributed by atoms with Crippen molar-refractivity contribution in [1.82, 2.24) is 10.2 Å². The smallest absolute Gasteiger partial charge is 0.406 e. The molecule has 3 amide bonds. The monoisotopic (exact) mass is 301 g/mol. The third-order valence-electron chi connectivity index (χ3n) is 2.03. The number of alkyl halides is 3. The van der Waals surface area contributed by atoms with Crippen molar-refractivity contribution < 1.29 is 37.8 Å². The molecule has 20 heavy (non-hydrogen) atoms. The molecule has 0 unspecified atom stereocenters. The highest BCUT2D eigenvalue weighted by Crippen LogP contribution is 2.16. The second-order valence-corrected chi connectivity index (χ2v) is 3.77. The SMILES string of the molecule is NC(=O)C[C@@H](NC(=O)N(CCO)CC(F)(F)F)C(=O)O. The Kier molecular flexibility index (Phi) is 6.76. The number of nitrogens with one attached hydrogen (secondary N) is 1.